The predicted octanol–water partition coefficient (Wildman–Crippen LogP) is 1.70. The standard InChI is InChI=1S/C36H44N6O11/c1-21(2)41(35(49)53-25-16-14-24(15-17-25)42(50)51)36(29(43)20-28(52-4)31(36)45)30(44)27-13-9-19-40(27)34(48)22(3)39-33(47)26(37)12-8-18-38-32(46)23-10-6-5-7-11-23/h5-7,10-11,14-17,21-22,26-28H,8-9,12-13,18-20,37H2,1-4H3,(H,38,46)(H,39,47)/t22-,26-,27+,28?,36?/m0/s1. The number of nitrogens with one attached hydrogen (secondary N) is 2. The molecule has 1 saturated carbocycles. The van der Waals surface area contributed by atoms with Crippen LogP contribution in [0.2, 0.25) is 0 Å². The second kappa shape index (κ2) is 17.3. The first-order valence-corrected chi connectivity index (χ1v) is 17.2. The van der Waals surface area contributed by atoms with Gasteiger partial charge < -0.3 is 30.7 Å². The summed E-state index contributed by atoms with van der Waals surface area (Å²) in [5.41, 5.74) is 3.58. The largest absolute Gasteiger partial charge is 0.417 e. The minimum atomic E-state index is -2.72. The molecular formula is C36H44N6O11. The predicted molar refractivity (Wildman–Crippen MR) is 188 cm³/mol. The number of Topliss-reactive ketones (excluding diaryl/α,β-unsaturated/α-hetero) is 3. The van der Waals surface area contributed by atoms with Gasteiger partial charge in [-0.05, 0) is 70.7 Å². The van der Waals surface area contributed by atoms with Crippen LogP contribution in [-0.2, 0) is 28.7 Å². The van der Waals surface area contributed by atoms with E-state index in [1.807, 2.05) is 0 Å². The van der Waals surface area contributed by atoms with Gasteiger partial charge in [0.1, 0.15) is 17.9 Å². The quantitative estimate of drug-likeness (QED) is 0.103. The van der Waals surface area contributed by atoms with Crippen molar-refractivity contribution in [2.45, 2.75) is 88.7 Å². The number of ketones is 3. The van der Waals surface area contributed by atoms with Gasteiger partial charge in [-0.3, -0.25) is 43.8 Å². The molecule has 4 N–H and O–H groups in total. The normalized spacial score (nSPS) is 20.8. The number of nitrogens with zero attached hydrogens (tertiary/aromatic N) is 3. The summed E-state index contributed by atoms with van der Waals surface area (Å²) in [7, 11) is 1.19. The molecule has 1 heterocycles. The molecule has 53 heavy (non-hydrogen) atoms. The SMILES string of the molecule is COC1CC(=O)C(C(=O)[C@H]2CCCN2C(=O)[C@H](C)NC(=O)[C@@H](N)CCCNC(=O)c2ccccc2)(N(C(=O)Oc2ccc([N+](=O)[O-])cc2)C(C)C)C1=O. The molecule has 2 aliphatic rings. The summed E-state index contributed by atoms with van der Waals surface area (Å²) < 4.78 is 10.7. The van der Waals surface area contributed by atoms with Crippen molar-refractivity contribution in [1.29, 1.82) is 0 Å². The van der Waals surface area contributed by atoms with E-state index in [9.17, 15) is 43.7 Å². The van der Waals surface area contributed by atoms with Crippen LogP contribution in [-0.4, -0.2) is 112 Å². The molecule has 17 nitrogen and oxygen atoms in total. The van der Waals surface area contributed by atoms with Crippen molar-refractivity contribution in [1.82, 2.24) is 20.4 Å². The van der Waals surface area contributed by atoms with Crippen LogP contribution in [0.1, 0.15) is 63.2 Å². The van der Waals surface area contributed by atoms with Crippen molar-refractivity contribution in [3.63, 3.8) is 0 Å². The van der Waals surface area contributed by atoms with Gasteiger partial charge in [0.05, 0.1) is 17.0 Å². The molecule has 2 fully saturated rings. The van der Waals surface area contributed by atoms with E-state index in [0.29, 0.717) is 18.4 Å². The zero-order chi connectivity index (χ0) is 39.0. The van der Waals surface area contributed by atoms with Gasteiger partial charge in [0.25, 0.3) is 11.6 Å². The maximum absolute atomic E-state index is 14.7. The molecule has 2 aromatic rings. The van der Waals surface area contributed by atoms with E-state index in [-0.39, 0.29) is 43.3 Å². The third-order valence-corrected chi connectivity index (χ3v) is 9.31. The number of nitro groups is 1. The number of non-ortho nitro benzene ring substituents is 1. The number of likely N-dealkylation sites (tertiary alicyclic amines) is 1. The fraction of sp³-hybridized carbons (Fsp3) is 0.472. The molecule has 0 bridgehead atoms. The Bertz CT molecular complexity index is 1730. The molecule has 0 radical (unpaired) electrons. The number of benzene rings is 2. The number of carbonyl (C=O) groups is 7. The lowest BCUT2D eigenvalue weighted by molar-refractivity contribution is -0.384. The number of amides is 4. The maximum Gasteiger partial charge on any atom is 0.417 e. The number of nitro benzene ring substituents is 1. The minimum absolute atomic E-state index is 0.0583. The Kier molecular flexibility index (Phi) is 13.1. The van der Waals surface area contributed by atoms with Crippen LogP contribution in [0.15, 0.2) is 54.6 Å². The minimum Gasteiger partial charge on any atom is -0.410 e. The number of carbonyl (C=O) groups excluding carboxylic acids is 7. The fourth-order valence-corrected chi connectivity index (χ4v) is 6.64. The van der Waals surface area contributed by atoms with Gasteiger partial charge in [0.15, 0.2) is 11.6 Å². The van der Waals surface area contributed by atoms with E-state index in [1.54, 1.807) is 30.3 Å². The second-order valence-electron chi connectivity index (χ2n) is 13.2. The summed E-state index contributed by atoms with van der Waals surface area (Å²) in [6, 6.07) is 8.63. The first-order valence-electron chi connectivity index (χ1n) is 17.2. The van der Waals surface area contributed by atoms with E-state index in [2.05, 4.69) is 10.6 Å². The Balaban J connectivity index is 1.49. The third-order valence-electron chi connectivity index (χ3n) is 9.31. The second-order valence-corrected chi connectivity index (χ2v) is 13.2. The van der Waals surface area contributed by atoms with Crippen molar-refractivity contribution in [2.24, 2.45) is 5.73 Å². The molecule has 4 rings (SSSR count). The number of ether oxygens (including phenoxy) is 2. The van der Waals surface area contributed by atoms with Crippen molar-refractivity contribution in [3.05, 3.63) is 70.3 Å². The molecule has 1 saturated heterocycles. The Labute approximate surface area is 305 Å². The van der Waals surface area contributed by atoms with Crippen LogP contribution >= 0.6 is 0 Å². The zero-order valence-electron chi connectivity index (χ0n) is 29.9. The number of hydrogen-bond donors (Lipinski definition) is 3. The van der Waals surface area contributed by atoms with Gasteiger partial charge in [-0.1, -0.05) is 18.2 Å². The molecule has 4 amide bonds. The van der Waals surface area contributed by atoms with Gasteiger partial charge >= 0.3 is 6.09 Å². The summed E-state index contributed by atoms with van der Waals surface area (Å²) in [5.74, 6) is -4.64. The van der Waals surface area contributed by atoms with Gasteiger partial charge in [-0.15, -0.1) is 0 Å². The summed E-state index contributed by atoms with van der Waals surface area (Å²) in [4.78, 5) is 108. The lowest BCUT2D eigenvalue weighted by Gasteiger charge is -2.41. The smallest absolute Gasteiger partial charge is 0.410 e. The molecule has 17 heteroatoms. The molecular weight excluding hydrogens is 692 g/mol. The highest BCUT2D eigenvalue weighted by atomic mass is 16.6. The Morgan fingerprint density at radius 2 is 1.72 bits per heavy atom. The molecule has 0 aromatic heterocycles. The van der Waals surface area contributed by atoms with E-state index < -0.39 is 82.4 Å². The topological polar surface area (TPSA) is 238 Å². The number of nitrogens with two attached hydrogens (primary N) is 1. The Hall–Kier alpha value is -5.55. The highest BCUT2D eigenvalue weighted by Crippen LogP contribution is 2.38. The summed E-state index contributed by atoms with van der Waals surface area (Å²) in [6.45, 7) is 4.69. The van der Waals surface area contributed by atoms with Crippen LogP contribution in [0.4, 0.5) is 10.5 Å². The maximum atomic E-state index is 14.7. The van der Waals surface area contributed by atoms with Crippen LogP contribution in [0, 0.1) is 10.1 Å². The number of rotatable bonds is 15. The van der Waals surface area contributed by atoms with E-state index in [0.717, 1.165) is 29.2 Å². The summed E-state index contributed by atoms with van der Waals surface area (Å²) >= 11 is 0. The van der Waals surface area contributed by atoms with Crippen molar-refractivity contribution < 1.29 is 48.0 Å². The van der Waals surface area contributed by atoms with E-state index in [4.69, 9.17) is 15.2 Å². The average Bonchev–Trinajstić information content (AvgIpc) is 3.72. The first-order chi connectivity index (χ1) is 25.1. The van der Waals surface area contributed by atoms with Gasteiger partial charge in [0.2, 0.25) is 23.1 Å². The monoisotopic (exact) mass is 736 g/mol. The lowest BCUT2D eigenvalue weighted by atomic mass is 9.82. The number of hydrogen-bond acceptors (Lipinski definition) is 12. The highest BCUT2D eigenvalue weighted by molar-refractivity contribution is 6.36. The number of methoxy groups -OCH3 is 1. The van der Waals surface area contributed by atoms with Gasteiger partial charge in [-0.25, -0.2) is 4.79 Å². The molecule has 1 aliphatic carbocycles. The Morgan fingerprint density at radius 3 is 2.30 bits per heavy atom. The zero-order valence-corrected chi connectivity index (χ0v) is 29.9. The first kappa shape index (κ1) is 40.2. The molecule has 5 atom stereocenters. The van der Waals surface area contributed by atoms with Crippen LogP contribution in [0.25, 0.3) is 0 Å². The van der Waals surface area contributed by atoms with Gasteiger partial charge in [0, 0.05) is 50.4 Å². The van der Waals surface area contributed by atoms with Crippen LogP contribution in [0.5, 0.6) is 5.75 Å². The van der Waals surface area contributed by atoms with E-state index in [1.165, 1.54) is 32.8 Å². The summed E-state index contributed by atoms with van der Waals surface area (Å²) in [6.07, 6.45) is -2.18. The summed E-state index contributed by atoms with van der Waals surface area (Å²) in [5, 5.41) is 16.4. The molecule has 0 spiro atoms. The highest BCUT2D eigenvalue weighted by Gasteiger charge is 2.67. The molecule has 2 unspecified atom stereocenters. The fourth-order valence-electron chi connectivity index (χ4n) is 6.64. The van der Waals surface area contributed by atoms with Crippen molar-refractivity contribution in [3.8, 4) is 5.75 Å². The average molecular weight is 737 g/mol. The molecule has 2 aromatic carbocycles. The lowest BCUT2D eigenvalue weighted by Crippen LogP contribution is -2.70. The van der Waals surface area contributed by atoms with Crippen molar-refractivity contribution in [2.75, 3.05) is 20.2 Å². The molecule has 284 valence electrons. The molecule has 1 aliphatic heterocycles. The van der Waals surface area contributed by atoms with Gasteiger partial charge in [-0.2, -0.15) is 0 Å². The van der Waals surface area contributed by atoms with Crippen molar-refractivity contribution >= 4 is 46.9 Å². The van der Waals surface area contributed by atoms with E-state index >= 15 is 0 Å². The third kappa shape index (κ3) is 8.58. The van der Waals surface area contributed by atoms with Crippen LogP contribution in [0.3, 0.4) is 0 Å². The van der Waals surface area contributed by atoms with Crippen LogP contribution < -0.4 is 21.1 Å². The Morgan fingerprint density at radius 1 is 1.06 bits per heavy atom.